The third-order valence-electron chi connectivity index (χ3n) is 4.38. The van der Waals surface area contributed by atoms with E-state index in [1.165, 1.54) is 12.8 Å². The van der Waals surface area contributed by atoms with Crippen molar-refractivity contribution in [1.82, 2.24) is 10.2 Å². The van der Waals surface area contributed by atoms with E-state index in [1.807, 2.05) is 17.9 Å². The van der Waals surface area contributed by atoms with Crippen LogP contribution in [0.25, 0.3) is 0 Å². The first-order valence-corrected chi connectivity index (χ1v) is 7.82. The molecule has 0 unspecified atom stereocenters. The van der Waals surface area contributed by atoms with Crippen LogP contribution in [0.3, 0.4) is 0 Å². The molecular weight excluding hydrogens is 252 g/mol. The molecule has 0 bridgehead atoms. The fourth-order valence-electron chi connectivity index (χ4n) is 3.05. The number of amides is 1. The predicted octanol–water partition coefficient (Wildman–Crippen LogP) is 2.51. The average molecular weight is 276 g/mol. The first kappa shape index (κ1) is 13.7. The van der Waals surface area contributed by atoms with Gasteiger partial charge in [0.1, 0.15) is 5.76 Å². The maximum absolute atomic E-state index is 12.7. The van der Waals surface area contributed by atoms with Crippen LogP contribution < -0.4 is 5.32 Å². The van der Waals surface area contributed by atoms with Gasteiger partial charge in [-0.3, -0.25) is 4.79 Å². The standard InChI is InChI=1S/C16H24N2O2/c1-3-14-11(2)9-15(20-14)16(19)18(13-6-7-13)10-12-5-4-8-17-12/h9,12-13,17H,3-8,10H2,1-2H3/t12-/m0/s1. The van der Waals surface area contributed by atoms with Crippen molar-refractivity contribution < 1.29 is 9.21 Å². The van der Waals surface area contributed by atoms with E-state index in [0.29, 0.717) is 17.8 Å². The average Bonchev–Trinajstić information content (AvgIpc) is 3.02. The highest BCUT2D eigenvalue weighted by Gasteiger charge is 2.36. The van der Waals surface area contributed by atoms with Gasteiger partial charge in [0.15, 0.2) is 5.76 Å². The molecule has 1 aliphatic heterocycles. The lowest BCUT2D eigenvalue weighted by molar-refractivity contribution is 0.0694. The SMILES string of the molecule is CCc1oc(C(=O)N(C[C@@H]2CCCN2)C2CC2)cc1C. The molecule has 20 heavy (non-hydrogen) atoms. The summed E-state index contributed by atoms with van der Waals surface area (Å²) in [6.45, 7) is 5.97. The molecule has 1 aromatic heterocycles. The van der Waals surface area contributed by atoms with Gasteiger partial charge in [-0.05, 0) is 50.8 Å². The third kappa shape index (κ3) is 2.75. The zero-order valence-corrected chi connectivity index (χ0v) is 12.4. The van der Waals surface area contributed by atoms with Gasteiger partial charge < -0.3 is 14.6 Å². The number of rotatable bonds is 5. The van der Waals surface area contributed by atoms with Crippen LogP contribution in [-0.4, -0.2) is 36.0 Å². The van der Waals surface area contributed by atoms with Gasteiger partial charge >= 0.3 is 0 Å². The molecule has 1 saturated heterocycles. The van der Waals surface area contributed by atoms with E-state index >= 15 is 0 Å². The zero-order chi connectivity index (χ0) is 14.1. The second-order valence-electron chi connectivity index (χ2n) is 6.05. The van der Waals surface area contributed by atoms with Crippen molar-refractivity contribution in [3.63, 3.8) is 0 Å². The summed E-state index contributed by atoms with van der Waals surface area (Å²) in [6.07, 6.45) is 5.51. The summed E-state index contributed by atoms with van der Waals surface area (Å²) in [4.78, 5) is 14.7. The number of nitrogens with one attached hydrogen (secondary N) is 1. The van der Waals surface area contributed by atoms with Crippen LogP contribution in [0.1, 0.15) is 54.5 Å². The Balaban J connectivity index is 1.73. The van der Waals surface area contributed by atoms with Crippen LogP contribution in [0.2, 0.25) is 0 Å². The van der Waals surface area contributed by atoms with Crippen molar-refractivity contribution in [1.29, 1.82) is 0 Å². The molecule has 1 aromatic rings. The monoisotopic (exact) mass is 276 g/mol. The van der Waals surface area contributed by atoms with Crippen LogP contribution >= 0.6 is 0 Å². The summed E-state index contributed by atoms with van der Waals surface area (Å²) < 4.78 is 5.74. The number of aryl methyl sites for hydroxylation is 2. The summed E-state index contributed by atoms with van der Waals surface area (Å²) in [7, 11) is 0. The summed E-state index contributed by atoms with van der Waals surface area (Å²) in [5.41, 5.74) is 1.09. The van der Waals surface area contributed by atoms with Gasteiger partial charge in [-0.15, -0.1) is 0 Å². The summed E-state index contributed by atoms with van der Waals surface area (Å²) in [6, 6.07) is 2.79. The zero-order valence-electron chi connectivity index (χ0n) is 12.4. The third-order valence-corrected chi connectivity index (χ3v) is 4.38. The fraction of sp³-hybridized carbons (Fsp3) is 0.688. The lowest BCUT2D eigenvalue weighted by Gasteiger charge is -2.25. The van der Waals surface area contributed by atoms with E-state index in [2.05, 4.69) is 12.2 Å². The minimum Gasteiger partial charge on any atom is -0.456 e. The molecule has 1 saturated carbocycles. The first-order valence-electron chi connectivity index (χ1n) is 7.82. The Hall–Kier alpha value is -1.29. The predicted molar refractivity (Wildman–Crippen MR) is 77.9 cm³/mol. The highest BCUT2D eigenvalue weighted by molar-refractivity contribution is 5.92. The Morgan fingerprint density at radius 3 is 2.80 bits per heavy atom. The van der Waals surface area contributed by atoms with Gasteiger partial charge in [-0.2, -0.15) is 0 Å². The molecule has 3 rings (SSSR count). The van der Waals surface area contributed by atoms with Crippen molar-refractivity contribution in [2.75, 3.05) is 13.1 Å². The molecule has 1 atom stereocenters. The molecule has 0 spiro atoms. The molecular formula is C16H24N2O2. The number of hydrogen-bond donors (Lipinski definition) is 1. The number of nitrogens with zero attached hydrogens (tertiary/aromatic N) is 1. The largest absolute Gasteiger partial charge is 0.456 e. The lowest BCUT2D eigenvalue weighted by atomic mass is 10.2. The maximum Gasteiger partial charge on any atom is 0.289 e. The lowest BCUT2D eigenvalue weighted by Crippen LogP contribution is -2.42. The fourth-order valence-corrected chi connectivity index (χ4v) is 3.05. The summed E-state index contributed by atoms with van der Waals surface area (Å²) in [5.74, 6) is 1.52. The Morgan fingerprint density at radius 1 is 1.45 bits per heavy atom. The van der Waals surface area contributed by atoms with Gasteiger partial charge in [0, 0.05) is 25.0 Å². The Labute approximate surface area is 120 Å². The molecule has 4 heteroatoms. The molecule has 2 fully saturated rings. The Morgan fingerprint density at radius 2 is 2.25 bits per heavy atom. The molecule has 110 valence electrons. The van der Waals surface area contributed by atoms with Crippen LogP contribution in [-0.2, 0) is 6.42 Å². The summed E-state index contributed by atoms with van der Waals surface area (Å²) >= 11 is 0. The van der Waals surface area contributed by atoms with Crippen molar-refractivity contribution in [3.8, 4) is 0 Å². The quantitative estimate of drug-likeness (QED) is 0.898. The van der Waals surface area contributed by atoms with Gasteiger partial charge in [-0.1, -0.05) is 6.92 Å². The normalized spacial score (nSPS) is 22.2. The first-order chi connectivity index (χ1) is 9.69. The molecule has 0 aromatic carbocycles. The molecule has 2 aliphatic rings. The van der Waals surface area contributed by atoms with Crippen LogP contribution in [0, 0.1) is 6.92 Å². The van der Waals surface area contributed by atoms with Crippen molar-refractivity contribution in [2.45, 2.75) is 58.0 Å². The number of carbonyl (C=O) groups excluding carboxylic acids is 1. The molecule has 4 nitrogen and oxygen atoms in total. The van der Waals surface area contributed by atoms with Gasteiger partial charge in [0.2, 0.25) is 0 Å². The number of carbonyl (C=O) groups is 1. The van der Waals surface area contributed by atoms with Gasteiger partial charge in [-0.25, -0.2) is 0 Å². The molecule has 2 heterocycles. The van der Waals surface area contributed by atoms with E-state index < -0.39 is 0 Å². The van der Waals surface area contributed by atoms with E-state index in [0.717, 1.165) is 43.7 Å². The molecule has 1 aliphatic carbocycles. The molecule has 1 N–H and O–H groups in total. The van der Waals surface area contributed by atoms with Gasteiger partial charge in [0.25, 0.3) is 5.91 Å². The van der Waals surface area contributed by atoms with Crippen LogP contribution in [0.5, 0.6) is 0 Å². The summed E-state index contributed by atoms with van der Waals surface area (Å²) in [5, 5.41) is 3.48. The van der Waals surface area contributed by atoms with E-state index in [4.69, 9.17) is 4.42 Å². The Kier molecular flexibility index (Phi) is 3.83. The van der Waals surface area contributed by atoms with Crippen molar-refractivity contribution in [3.05, 3.63) is 23.2 Å². The van der Waals surface area contributed by atoms with Crippen molar-refractivity contribution in [2.24, 2.45) is 0 Å². The topological polar surface area (TPSA) is 45.5 Å². The van der Waals surface area contributed by atoms with E-state index in [9.17, 15) is 4.79 Å². The van der Waals surface area contributed by atoms with Crippen molar-refractivity contribution >= 4 is 5.91 Å². The number of hydrogen-bond acceptors (Lipinski definition) is 3. The maximum atomic E-state index is 12.7. The van der Waals surface area contributed by atoms with Gasteiger partial charge in [0.05, 0.1) is 0 Å². The van der Waals surface area contributed by atoms with Crippen LogP contribution in [0.4, 0.5) is 0 Å². The van der Waals surface area contributed by atoms with E-state index in [1.54, 1.807) is 0 Å². The number of furan rings is 1. The molecule has 0 radical (unpaired) electrons. The smallest absolute Gasteiger partial charge is 0.289 e. The highest BCUT2D eigenvalue weighted by Crippen LogP contribution is 2.30. The second-order valence-corrected chi connectivity index (χ2v) is 6.05. The van der Waals surface area contributed by atoms with Crippen LogP contribution in [0.15, 0.2) is 10.5 Å². The van der Waals surface area contributed by atoms with E-state index in [-0.39, 0.29) is 5.91 Å². The minimum atomic E-state index is 0.0731. The second kappa shape index (κ2) is 5.60. The highest BCUT2D eigenvalue weighted by atomic mass is 16.4. The minimum absolute atomic E-state index is 0.0731. The molecule has 1 amide bonds. The Bertz CT molecular complexity index is 485.